The van der Waals surface area contributed by atoms with E-state index in [0.717, 1.165) is 0 Å². The molecule has 1 aliphatic carbocycles. The molecule has 1 aliphatic rings. The molecule has 0 heterocycles. The summed E-state index contributed by atoms with van der Waals surface area (Å²) in [7, 11) is 0. The Kier molecular flexibility index (Phi) is 2.22. The Balaban J connectivity index is 2.37. The normalized spacial score (nSPS) is 17.0. The van der Waals surface area contributed by atoms with Crippen LogP contribution in [-0.4, -0.2) is 4.69 Å². The van der Waals surface area contributed by atoms with Gasteiger partial charge in [-0.05, 0) is 15.9 Å². The molecule has 0 atom stereocenters. The maximum absolute atomic E-state index is 10.4. The third-order valence-electron chi connectivity index (χ3n) is 1.22. The van der Waals surface area contributed by atoms with Crippen LogP contribution in [0.2, 0.25) is 0 Å². The molecule has 0 amide bonds. The van der Waals surface area contributed by atoms with Crippen molar-refractivity contribution in [2.24, 2.45) is 5.92 Å². The van der Waals surface area contributed by atoms with Gasteiger partial charge in [-0.1, -0.05) is 24.3 Å². The Bertz CT molecular complexity index is 158. The van der Waals surface area contributed by atoms with Gasteiger partial charge >= 0.3 is 0 Å². The standard InChI is InChI=1S/C7H7BrO/c8-7(9)5-6-3-1-2-4-6/h1-4,6H,5H2. The molecule has 1 rings (SSSR count). The van der Waals surface area contributed by atoms with Gasteiger partial charge in [0.2, 0.25) is 0 Å². The van der Waals surface area contributed by atoms with E-state index in [1.54, 1.807) is 0 Å². The maximum Gasteiger partial charge on any atom is 0.198 e. The van der Waals surface area contributed by atoms with Crippen LogP contribution in [0.25, 0.3) is 0 Å². The van der Waals surface area contributed by atoms with Crippen molar-refractivity contribution in [2.45, 2.75) is 6.42 Å². The highest BCUT2D eigenvalue weighted by Crippen LogP contribution is 2.14. The monoisotopic (exact) mass is 186 g/mol. The van der Waals surface area contributed by atoms with Crippen molar-refractivity contribution in [1.29, 1.82) is 0 Å². The number of hydrogen-bond donors (Lipinski definition) is 0. The van der Waals surface area contributed by atoms with Crippen molar-refractivity contribution in [3.05, 3.63) is 24.3 Å². The van der Waals surface area contributed by atoms with E-state index in [4.69, 9.17) is 0 Å². The molecular weight excluding hydrogens is 180 g/mol. The fourth-order valence-corrected chi connectivity index (χ4v) is 1.17. The first-order valence-electron chi connectivity index (χ1n) is 2.82. The topological polar surface area (TPSA) is 17.1 Å². The van der Waals surface area contributed by atoms with Crippen molar-refractivity contribution in [3.63, 3.8) is 0 Å². The van der Waals surface area contributed by atoms with Crippen molar-refractivity contribution >= 4 is 20.6 Å². The summed E-state index contributed by atoms with van der Waals surface area (Å²) in [5, 5.41) is 0. The highest BCUT2D eigenvalue weighted by molar-refractivity contribution is 9.18. The zero-order valence-corrected chi connectivity index (χ0v) is 6.47. The molecule has 1 nitrogen and oxygen atoms in total. The van der Waals surface area contributed by atoms with E-state index in [1.807, 2.05) is 24.3 Å². The van der Waals surface area contributed by atoms with Gasteiger partial charge in [-0.3, -0.25) is 4.79 Å². The van der Waals surface area contributed by atoms with Gasteiger partial charge in [-0.2, -0.15) is 0 Å². The quantitative estimate of drug-likeness (QED) is 0.604. The summed E-state index contributed by atoms with van der Waals surface area (Å²) < 4.78 is 0.0729. The maximum atomic E-state index is 10.4. The molecule has 48 valence electrons. The molecule has 0 aromatic rings. The number of allylic oxidation sites excluding steroid dienone is 4. The second kappa shape index (κ2) is 2.97. The summed E-state index contributed by atoms with van der Waals surface area (Å²) in [5.74, 6) is 0.330. The second-order valence-electron chi connectivity index (χ2n) is 1.99. The van der Waals surface area contributed by atoms with Gasteiger partial charge in [0, 0.05) is 12.3 Å². The van der Waals surface area contributed by atoms with Crippen LogP contribution in [-0.2, 0) is 4.79 Å². The van der Waals surface area contributed by atoms with Crippen LogP contribution in [0.5, 0.6) is 0 Å². The number of rotatable bonds is 2. The molecule has 0 aromatic heterocycles. The summed E-state index contributed by atoms with van der Waals surface area (Å²) in [6.07, 6.45) is 8.52. The molecule has 0 N–H and O–H groups in total. The van der Waals surface area contributed by atoms with Gasteiger partial charge in [-0.25, -0.2) is 0 Å². The molecule has 0 radical (unpaired) electrons. The van der Waals surface area contributed by atoms with Crippen molar-refractivity contribution < 1.29 is 4.79 Å². The van der Waals surface area contributed by atoms with E-state index in [9.17, 15) is 4.79 Å². The fraction of sp³-hybridized carbons (Fsp3) is 0.286. The molecule has 0 spiro atoms. The number of hydrogen-bond acceptors (Lipinski definition) is 1. The van der Waals surface area contributed by atoms with Crippen molar-refractivity contribution in [1.82, 2.24) is 0 Å². The van der Waals surface area contributed by atoms with Crippen LogP contribution in [0.1, 0.15) is 6.42 Å². The number of carbonyl (C=O) groups excluding carboxylic acids is 1. The molecular formula is C7H7BrO. The van der Waals surface area contributed by atoms with Gasteiger partial charge in [0.25, 0.3) is 0 Å². The van der Waals surface area contributed by atoms with Gasteiger partial charge in [0.05, 0.1) is 0 Å². The fourth-order valence-electron chi connectivity index (χ4n) is 0.799. The highest BCUT2D eigenvalue weighted by atomic mass is 79.9. The molecule has 0 unspecified atom stereocenters. The van der Waals surface area contributed by atoms with Crippen LogP contribution in [0.4, 0.5) is 0 Å². The van der Waals surface area contributed by atoms with E-state index < -0.39 is 0 Å². The Hall–Kier alpha value is -0.370. The van der Waals surface area contributed by atoms with E-state index >= 15 is 0 Å². The van der Waals surface area contributed by atoms with Gasteiger partial charge < -0.3 is 0 Å². The highest BCUT2D eigenvalue weighted by Gasteiger charge is 2.06. The minimum absolute atomic E-state index is 0.0729. The molecule has 0 aromatic carbocycles. The molecule has 0 bridgehead atoms. The van der Waals surface area contributed by atoms with Crippen molar-refractivity contribution in [3.8, 4) is 0 Å². The summed E-state index contributed by atoms with van der Waals surface area (Å²) >= 11 is 2.88. The lowest BCUT2D eigenvalue weighted by Crippen LogP contribution is -1.94. The average Bonchev–Trinajstić information content (AvgIpc) is 2.15. The third kappa shape index (κ3) is 2.14. The van der Waals surface area contributed by atoms with Gasteiger partial charge in [0.1, 0.15) is 0 Å². The second-order valence-corrected chi connectivity index (χ2v) is 2.88. The van der Waals surface area contributed by atoms with Crippen LogP contribution >= 0.6 is 15.9 Å². The molecule has 0 aliphatic heterocycles. The largest absolute Gasteiger partial charge is 0.287 e. The molecule has 2 heteroatoms. The summed E-state index contributed by atoms with van der Waals surface area (Å²) in [6.45, 7) is 0. The molecule has 9 heavy (non-hydrogen) atoms. The molecule has 0 saturated heterocycles. The smallest absolute Gasteiger partial charge is 0.198 e. The molecule has 0 saturated carbocycles. The van der Waals surface area contributed by atoms with Crippen molar-refractivity contribution in [2.75, 3.05) is 0 Å². The Labute approximate surface area is 62.6 Å². The number of halogens is 1. The summed E-state index contributed by atoms with van der Waals surface area (Å²) in [4.78, 5) is 10.4. The van der Waals surface area contributed by atoms with Crippen LogP contribution in [0.15, 0.2) is 24.3 Å². The lowest BCUT2D eigenvalue weighted by Gasteiger charge is -1.96. The van der Waals surface area contributed by atoms with E-state index in [1.165, 1.54) is 0 Å². The van der Waals surface area contributed by atoms with Crippen LogP contribution in [0, 0.1) is 5.92 Å². The third-order valence-corrected chi connectivity index (χ3v) is 1.55. The van der Waals surface area contributed by atoms with Gasteiger partial charge in [0.15, 0.2) is 4.69 Å². The first kappa shape index (κ1) is 6.75. The minimum atomic E-state index is 0.0729. The predicted molar refractivity (Wildman–Crippen MR) is 40.3 cm³/mol. The van der Waals surface area contributed by atoms with Crippen LogP contribution < -0.4 is 0 Å². The Morgan fingerprint density at radius 2 is 2.00 bits per heavy atom. The van der Waals surface area contributed by atoms with E-state index in [-0.39, 0.29) is 4.69 Å². The van der Waals surface area contributed by atoms with E-state index in [2.05, 4.69) is 15.9 Å². The van der Waals surface area contributed by atoms with Gasteiger partial charge in [-0.15, -0.1) is 0 Å². The zero-order valence-electron chi connectivity index (χ0n) is 4.88. The SMILES string of the molecule is O=C(Br)CC1C=CC=C1. The summed E-state index contributed by atoms with van der Waals surface area (Å²) in [5.41, 5.74) is 0. The van der Waals surface area contributed by atoms with E-state index in [0.29, 0.717) is 12.3 Å². The van der Waals surface area contributed by atoms with Crippen LogP contribution in [0.3, 0.4) is 0 Å². The average molecular weight is 187 g/mol. The first-order chi connectivity index (χ1) is 4.29. The minimum Gasteiger partial charge on any atom is -0.287 e. The Morgan fingerprint density at radius 3 is 2.44 bits per heavy atom. The Morgan fingerprint density at radius 1 is 1.44 bits per heavy atom. The number of carbonyl (C=O) groups is 1. The predicted octanol–water partition coefficient (Wildman–Crippen LogP) is 2.04. The first-order valence-corrected chi connectivity index (χ1v) is 3.61. The zero-order chi connectivity index (χ0) is 6.69. The lowest BCUT2D eigenvalue weighted by atomic mass is 10.1. The molecule has 0 fully saturated rings. The lowest BCUT2D eigenvalue weighted by molar-refractivity contribution is -0.110. The summed E-state index contributed by atoms with van der Waals surface area (Å²) in [6, 6.07) is 0.